The lowest BCUT2D eigenvalue weighted by Crippen LogP contribution is -2.61. The minimum atomic E-state index is -0.178. The molecule has 0 radical (unpaired) electrons. The number of rotatable bonds is 6. The number of benzene rings is 1. The zero-order chi connectivity index (χ0) is 21.7. The van der Waals surface area contributed by atoms with Gasteiger partial charge in [0, 0.05) is 16.8 Å². The summed E-state index contributed by atoms with van der Waals surface area (Å²) in [6.07, 6.45) is 7.76. The molecule has 7 rings (SSSR count). The van der Waals surface area contributed by atoms with E-state index in [4.69, 9.17) is 0 Å². The highest BCUT2D eigenvalue weighted by atomic mass is 32.1. The van der Waals surface area contributed by atoms with E-state index in [-0.39, 0.29) is 30.0 Å². The number of fused-ring (bicyclic) bond motifs is 1. The zero-order valence-electron chi connectivity index (χ0n) is 18.2. The Morgan fingerprint density at radius 1 is 1.06 bits per heavy atom. The molecule has 4 aliphatic carbocycles. The maximum Gasteiger partial charge on any atom is 0.277 e. The van der Waals surface area contributed by atoms with Gasteiger partial charge in [-0.3, -0.25) is 9.59 Å². The molecule has 0 unspecified atom stereocenters. The number of aromatic nitrogens is 3. The molecule has 0 N–H and O–H groups in total. The molecule has 0 aliphatic heterocycles. The molecule has 1 amide bonds. The predicted octanol–water partition coefficient (Wildman–Crippen LogP) is 4.24. The summed E-state index contributed by atoms with van der Waals surface area (Å²) in [6.45, 7) is 0.948. The van der Waals surface area contributed by atoms with Gasteiger partial charge >= 0.3 is 0 Å². The second-order valence-electron chi connectivity index (χ2n) is 10.1. The fourth-order valence-corrected chi connectivity index (χ4v) is 7.67. The summed E-state index contributed by atoms with van der Waals surface area (Å²) in [5.74, 6) is 2.46. The highest BCUT2D eigenvalue weighted by molar-refractivity contribution is 7.09. The van der Waals surface area contributed by atoms with Gasteiger partial charge in [0.25, 0.3) is 5.56 Å². The standard InChI is InChI=1S/C25H28N4O2S/c30-23(7-8-29-24(31)21-5-1-2-6-22(21)26-27-29)28(16-20-4-3-9-32-20)25-13-17-10-18(14-25)12-19(11-17)15-25/h1-6,9,17-19H,7-8,10-16H2. The normalized spacial score (nSPS) is 28.3. The first-order valence-electron chi connectivity index (χ1n) is 11.7. The molecule has 0 saturated heterocycles. The van der Waals surface area contributed by atoms with Crippen LogP contribution in [0.15, 0.2) is 46.6 Å². The molecule has 6 nitrogen and oxygen atoms in total. The third kappa shape index (κ3) is 3.47. The number of aryl methyl sites for hydroxylation is 1. The van der Waals surface area contributed by atoms with Crippen LogP contribution in [0.1, 0.15) is 49.8 Å². The van der Waals surface area contributed by atoms with Crippen LogP contribution in [0.25, 0.3) is 10.9 Å². The van der Waals surface area contributed by atoms with Crippen LogP contribution in [-0.2, 0) is 17.9 Å². The highest BCUT2D eigenvalue weighted by Gasteiger charge is 2.54. The summed E-state index contributed by atoms with van der Waals surface area (Å²) in [6, 6.07) is 11.4. The molecule has 4 aliphatic rings. The van der Waals surface area contributed by atoms with Crippen molar-refractivity contribution in [1.29, 1.82) is 0 Å². The van der Waals surface area contributed by atoms with Crippen molar-refractivity contribution in [1.82, 2.24) is 19.9 Å². The molecule has 166 valence electrons. The van der Waals surface area contributed by atoms with Gasteiger partial charge in [0.15, 0.2) is 0 Å². The second-order valence-corrected chi connectivity index (χ2v) is 11.1. The lowest BCUT2D eigenvalue weighted by atomic mass is 9.52. The van der Waals surface area contributed by atoms with Gasteiger partial charge in [-0.2, -0.15) is 0 Å². The molecule has 32 heavy (non-hydrogen) atoms. The fraction of sp³-hybridized carbons (Fsp3) is 0.520. The Kier molecular flexibility index (Phi) is 4.90. The van der Waals surface area contributed by atoms with E-state index in [0.717, 1.165) is 37.0 Å². The van der Waals surface area contributed by atoms with Gasteiger partial charge in [-0.25, -0.2) is 4.68 Å². The average molecular weight is 449 g/mol. The maximum absolute atomic E-state index is 13.7. The van der Waals surface area contributed by atoms with Gasteiger partial charge in [0.2, 0.25) is 5.91 Å². The molecular weight excluding hydrogens is 420 g/mol. The minimum absolute atomic E-state index is 0.00412. The fourth-order valence-electron chi connectivity index (χ4n) is 6.98. The number of thiophene rings is 1. The van der Waals surface area contributed by atoms with Crippen LogP contribution < -0.4 is 5.56 Å². The number of nitrogens with zero attached hydrogens (tertiary/aromatic N) is 4. The van der Waals surface area contributed by atoms with Crippen LogP contribution >= 0.6 is 11.3 Å². The number of hydrogen-bond donors (Lipinski definition) is 0. The van der Waals surface area contributed by atoms with Gasteiger partial charge in [-0.15, -0.1) is 16.4 Å². The van der Waals surface area contributed by atoms with E-state index in [1.807, 2.05) is 12.1 Å². The van der Waals surface area contributed by atoms with Crippen LogP contribution in [0.3, 0.4) is 0 Å². The second kappa shape index (κ2) is 7.80. The van der Waals surface area contributed by atoms with E-state index in [1.54, 1.807) is 23.5 Å². The summed E-state index contributed by atoms with van der Waals surface area (Å²) < 4.78 is 1.35. The minimum Gasteiger partial charge on any atom is -0.332 e. The predicted molar refractivity (Wildman–Crippen MR) is 124 cm³/mol. The van der Waals surface area contributed by atoms with Gasteiger partial charge in [0.05, 0.1) is 18.5 Å². The average Bonchev–Trinajstić information content (AvgIpc) is 3.29. The van der Waals surface area contributed by atoms with E-state index in [1.165, 1.54) is 28.8 Å². The first-order valence-corrected chi connectivity index (χ1v) is 12.6. The third-order valence-electron chi connectivity index (χ3n) is 7.94. The molecule has 4 fully saturated rings. The van der Waals surface area contributed by atoms with Crippen LogP contribution in [-0.4, -0.2) is 31.3 Å². The van der Waals surface area contributed by atoms with Crippen molar-refractivity contribution in [3.05, 3.63) is 57.0 Å². The van der Waals surface area contributed by atoms with Crippen molar-refractivity contribution in [2.24, 2.45) is 17.8 Å². The van der Waals surface area contributed by atoms with Gasteiger partial charge in [-0.05, 0) is 79.9 Å². The molecule has 1 aromatic carbocycles. The third-order valence-corrected chi connectivity index (χ3v) is 8.80. The van der Waals surface area contributed by atoms with Crippen LogP contribution in [0, 0.1) is 17.8 Å². The Morgan fingerprint density at radius 3 is 2.47 bits per heavy atom. The Bertz CT molecular complexity index is 1170. The molecule has 2 aromatic heterocycles. The summed E-state index contributed by atoms with van der Waals surface area (Å²) in [5.41, 5.74) is 0.409. The highest BCUT2D eigenvalue weighted by Crippen LogP contribution is 2.58. The first kappa shape index (κ1) is 20.1. The summed E-state index contributed by atoms with van der Waals surface area (Å²) in [4.78, 5) is 30.0. The van der Waals surface area contributed by atoms with Crippen LogP contribution in [0.2, 0.25) is 0 Å². The number of hydrogen-bond acceptors (Lipinski definition) is 5. The lowest BCUT2D eigenvalue weighted by Gasteiger charge is -2.60. The van der Waals surface area contributed by atoms with Crippen molar-refractivity contribution in [2.75, 3.05) is 0 Å². The number of amides is 1. The Morgan fingerprint density at radius 2 is 1.78 bits per heavy atom. The van der Waals surface area contributed by atoms with Crippen molar-refractivity contribution in [2.45, 2.75) is 63.6 Å². The largest absolute Gasteiger partial charge is 0.332 e. The van der Waals surface area contributed by atoms with Gasteiger partial charge < -0.3 is 4.90 Å². The quantitative estimate of drug-likeness (QED) is 0.566. The maximum atomic E-state index is 13.7. The Labute approximate surface area is 191 Å². The SMILES string of the molecule is O=C(CCn1nnc2ccccc2c1=O)N(Cc1cccs1)C12CC3CC(CC(C3)C1)C2. The van der Waals surface area contributed by atoms with Gasteiger partial charge in [0.1, 0.15) is 5.52 Å². The lowest BCUT2D eigenvalue weighted by molar-refractivity contribution is -0.152. The molecule has 0 atom stereocenters. The summed E-state index contributed by atoms with van der Waals surface area (Å²) in [5, 5.41) is 10.9. The van der Waals surface area contributed by atoms with Crippen molar-refractivity contribution in [3.8, 4) is 0 Å². The first-order chi connectivity index (χ1) is 15.6. The summed E-state index contributed by atoms with van der Waals surface area (Å²) in [7, 11) is 0. The van der Waals surface area contributed by atoms with E-state index in [9.17, 15) is 9.59 Å². The molecule has 0 spiro atoms. The molecule has 2 heterocycles. The molecule has 3 aromatic rings. The van der Waals surface area contributed by atoms with E-state index in [2.05, 4.69) is 32.7 Å². The van der Waals surface area contributed by atoms with Crippen molar-refractivity contribution >= 4 is 28.1 Å². The van der Waals surface area contributed by atoms with Crippen molar-refractivity contribution < 1.29 is 4.79 Å². The van der Waals surface area contributed by atoms with Crippen LogP contribution in [0.5, 0.6) is 0 Å². The number of carbonyl (C=O) groups is 1. The molecule has 4 saturated carbocycles. The Balaban J connectivity index is 1.26. The molecule has 4 bridgehead atoms. The smallest absolute Gasteiger partial charge is 0.277 e. The van der Waals surface area contributed by atoms with Crippen molar-refractivity contribution in [3.63, 3.8) is 0 Å². The molecule has 7 heteroatoms. The molecular formula is C25H28N4O2S. The Hall–Kier alpha value is -2.54. The van der Waals surface area contributed by atoms with E-state index < -0.39 is 0 Å². The zero-order valence-corrected chi connectivity index (χ0v) is 19.0. The van der Waals surface area contributed by atoms with Crippen LogP contribution in [0.4, 0.5) is 0 Å². The topological polar surface area (TPSA) is 68.1 Å². The van der Waals surface area contributed by atoms with Gasteiger partial charge in [-0.1, -0.05) is 23.4 Å². The van der Waals surface area contributed by atoms with E-state index in [0.29, 0.717) is 17.4 Å². The number of carbonyl (C=O) groups excluding carboxylic acids is 1. The summed E-state index contributed by atoms with van der Waals surface area (Å²) >= 11 is 1.72. The monoisotopic (exact) mass is 448 g/mol. The van der Waals surface area contributed by atoms with E-state index >= 15 is 0 Å².